The summed E-state index contributed by atoms with van der Waals surface area (Å²) in [7, 11) is 0. The maximum Gasteiger partial charge on any atom is 0.416 e. The fourth-order valence-corrected chi connectivity index (χ4v) is 2.69. The largest absolute Gasteiger partial charge is 0.416 e. The molecule has 0 spiro atoms. The van der Waals surface area contributed by atoms with Crippen molar-refractivity contribution in [2.24, 2.45) is 0 Å². The van der Waals surface area contributed by atoms with E-state index < -0.39 is 11.7 Å². The normalized spacial score (nSPS) is 11.8. The van der Waals surface area contributed by atoms with E-state index in [4.69, 9.17) is 0 Å². The standard InChI is InChI=1S/C14H10F3N3S/c15-14(16,17)11-4-2-10(3-5-11)13-19-12(9-21-13)8-20-7-1-6-18-20/h1-7,9H,8H2. The first-order valence-corrected chi connectivity index (χ1v) is 7.00. The van der Waals surface area contributed by atoms with Crippen LogP contribution in [0.5, 0.6) is 0 Å². The van der Waals surface area contributed by atoms with Gasteiger partial charge in [0.15, 0.2) is 0 Å². The maximum atomic E-state index is 12.5. The monoisotopic (exact) mass is 309 g/mol. The number of hydrogen-bond donors (Lipinski definition) is 0. The van der Waals surface area contributed by atoms with Crippen molar-refractivity contribution in [3.05, 3.63) is 59.4 Å². The zero-order valence-electron chi connectivity index (χ0n) is 10.7. The van der Waals surface area contributed by atoms with Crippen LogP contribution in [0.1, 0.15) is 11.3 Å². The van der Waals surface area contributed by atoms with Gasteiger partial charge >= 0.3 is 6.18 Å². The van der Waals surface area contributed by atoms with Gasteiger partial charge in [0.1, 0.15) is 5.01 Å². The Kier molecular flexibility index (Phi) is 3.50. The minimum Gasteiger partial charge on any atom is -0.267 e. The summed E-state index contributed by atoms with van der Waals surface area (Å²) in [6.07, 6.45) is -0.799. The molecule has 0 N–H and O–H groups in total. The van der Waals surface area contributed by atoms with Crippen molar-refractivity contribution in [2.45, 2.75) is 12.7 Å². The Hall–Kier alpha value is -2.15. The van der Waals surface area contributed by atoms with Gasteiger partial charge in [-0.25, -0.2) is 4.98 Å². The Morgan fingerprint density at radius 1 is 1.14 bits per heavy atom. The molecule has 1 aromatic carbocycles. The summed E-state index contributed by atoms with van der Waals surface area (Å²) in [4.78, 5) is 4.42. The van der Waals surface area contributed by atoms with Crippen LogP contribution in [0.15, 0.2) is 48.1 Å². The molecule has 0 aliphatic carbocycles. The highest BCUT2D eigenvalue weighted by Gasteiger charge is 2.30. The van der Waals surface area contributed by atoms with E-state index in [1.165, 1.54) is 23.5 Å². The van der Waals surface area contributed by atoms with Crippen LogP contribution >= 0.6 is 11.3 Å². The first-order valence-electron chi connectivity index (χ1n) is 6.12. The lowest BCUT2D eigenvalue weighted by Gasteiger charge is -2.06. The molecule has 21 heavy (non-hydrogen) atoms. The third-order valence-electron chi connectivity index (χ3n) is 2.89. The Morgan fingerprint density at radius 2 is 1.90 bits per heavy atom. The molecule has 0 saturated carbocycles. The predicted octanol–water partition coefficient (Wildman–Crippen LogP) is 4.07. The summed E-state index contributed by atoms with van der Waals surface area (Å²) in [5.74, 6) is 0. The van der Waals surface area contributed by atoms with Crippen LogP contribution in [0, 0.1) is 0 Å². The molecule has 2 heterocycles. The van der Waals surface area contributed by atoms with Crippen molar-refractivity contribution in [3.8, 4) is 10.6 Å². The second-order valence-corrected chi connectivity index (χ2v) is 5.28. The van der Waals surface area contributed by atoms with Gasteiger partial charge in [0, 0.05) is 23.3 Å². The van der Waals surface area contributed by atoms with Gasteiger partial charge in [0.05, 0.1) is 17.8 Å². The number of halogens is 3. The molecule has 7 heteroatoms. The highest BCUT2D eigenvalue weighted by Crippen LogP contribution is 2.31. The fourth-order valence-electron chi connectivity index (χ4n) is 1.87. The molecule has 3 nitrogen and oxygen atoms in total. The lowest BCUT2D eigenvalue weighted by molar-refractivity contribution is -0.137. The van der Waals surface area contributed by atoms with Gasteiger partial charge in [-0.15, -0.1) is 11.3 Å². The van der Waals surface area contributed by atoms with Crippen LogP contribution in [0.4, 0.5) is 13.2 Å². The molecule has 0 fully saturated rings. The molecule has 0 unspecified atom stereocenters. The number of alkyl halides is 3. The third kappa shape index (κ3) is 3.13. The van der Waals surface area contributed by atoms with Crippen LogP contribution in [-0.2, 0) is 12.7 Å². The number of thiazole rings is 1. The molecule has 0 saturated heterocycles. The number of nitrogens with zero attached hydrogens (tertiary/aromatic N) is 3. The van der Waals surface area contributed by atoms with Crippen LogP contribution in [0.25, 0.3) is 10.6 Å². The molecule has 0 aliphatic heterocycles. The summed E-state index contributed by atoms with van der Waals surface area (Å²) in [6, 6.07) is 6.86. The van der Waals surface area contributed by atoms with Gasteiger partial charge in [-0.05, 0) is 18.2 Å². The molecule has 0 radical (unpaired) electrons. The lowest BCUT2D eigenvalue weighted by Crippen LogP contribution is -2.04. The molecule has 3 aromatic rings. The van der Waals surface area contributed by atoms with Gasteiger partial charge in [-0.2, -0.15) is 18.3 Å². The lowest BCUT2D eigenvalue weighted by atomic mass is 10.1. The van der Waals surface area contributed by atoms with Crippen LogP contribution in [0.2, 0.25) is 0 Å². The number of rotatable bonds is 3. The summed E-state index contributed by atoms with van der Waals surface area (Å²) >= 11 is 1.40. The van der Waals surface area contributed by atoms with Crippen molar-refractivity contribution < 1.29 is 13.2 Å². The van der Waals surface area contributed by atoms with Gasteiger partial charge in [-0.1, -0.05) is 12.1 Å². The zero-order valence-corrected chi connectivity index (χ0v) is 11.5. The van der Waals surface area contributed by atoms with Crippen molar-refractivity contribution in [1.82, 2.24) is 14.8 Å². The average Bonchev–Trinajstić information content (AvgIpc) is 3.10. The quantitative estimate of drug-likeness (QED) is 0.730. The second-order valence-electron chi connectivity index (χ2n) is 4.42. The Bertz CT molecular complexity index is 715. The Balaban J connectivity index is 1.80. The number of hydrogen-bond acceptors (Lipinski definition) is 3. The van der Waals surface area contributed by atoms with Crippen molar-refractivity contribution in [2.75, 3.05) is 0 Å². The number of aromatic nitrogens is 3. The maximum absolute atomic E-state index is 12.5. The van der Waals surface area contributed by atoms with Gasteiger partial charge in [0.25, 0.3) is 0 Å². The Labute approximate surface area is 122 Å². The molecule has 0 atom stereocenters. The van der Waals surface area contributed by atoms with Crippen molar-refractivity contribution in [3.63, 3.8) is 0 Å². The van der Waals surface area contributed by atoms with Gasteiger partial charge < -0.3 is 0 Å². The minimum absolute atomic E-state index is 0.546. The van der Waals surface area contributed by atoms with E-state index >= 15 is 0 Å². The van der Waals surface area contributed by atoms with E-state index in [9.17, 15) is 13.2 Å². The van der Waals surface area contributed by atoms with Gasteiger partial charge in [-0.3, -0.25) is 4.68 Å². The third-order valence-corrected chi connectivity index (χ3v) is 3.83. The van der Waals surface area contributed by atoms with Crippen LogP contribution < -0.4 is 0 Å². The average molecular weight is 309 g/mol. The molecule has 3 rings (SSSR count). The summed E-state index contributed by atoms with van der Waals surface area (Å²) in [6.45, 7) is 0.546. The molecular weight excluding hydrogens is 299 g/mol. The van der Waals surface area contributed by atoms with Crippen LogP contribution in [0.3, 0.4) is 0 Å². The summed E-state index contributed by atoms with van der Waals surface area (Å²) in [5.41, 5.74) is 0.859. The smallest absolute Gasteiger partial charge is 0.267 e. The van der Waals surface area contributed by atoms with E-state index in [2.05, 4.69) is 10.1 Å². The summed E-state index contributed by atoms with van der Waals surface area (Å²) in [5, 5.41) is 6.67. The highest BCUT2D eigenvalue weighted by molar-refractivity contribution is 7.13. The molecule has 0 aliphatic rings. The van der Waals surface area contributed by atoms with E-state index in [1.807, 2.05) is 17.6 Å². The zero-order chi connectivity index (χ0) is 14.9. The van der Waals surface area contributed by atoms with Crippen molar-refractivity contribution >= 4 is 11.3 Å². The van der Waals surface area contributed by atoms with Crippen molar-refractivity contribution in [1.29, 1.82) is 0 Å². The molecule has 2 aromatic heterocycles. The molecular formula is C14H10F3N3S. The Morgan fingerprint density at radius 3 is 2.52 bits per heavy atom. The summed E-state index contributed by atoms with van der Waals surface area (Å²) < 4.78 is 39.3. The highest BCUT2D eigenvalue weighted by atomic mass is 32.1. The van der Waals surface area contributed by atoms with Crippen LogP contribution in [-0.4, -0.2) is 14.8 Å². The fraction of sp³-hybridized carbons (Fsp3) is 0.143. The minimum atomic E-state index is -4.31. The SMILES string of the molecule is FC(F)(F)c1ccc(-c2nc(Cn3cccn3)cs2)cc1. The molecule has 0 bridgehead atoms. The van der Waals surface area contributed by atoms with Gasteiger partial charge in [0.2, 0.25) is 0 Å². The van der Waals surface area contributed by atoms with E-state index in [1.54, 1.807) is 10.9 Å². The second kappa shape index (κ2) is 5.33. The first-order chi connectivity index (χ1) is 10.0. The molecule has 0 amide bonds. The first kappa shape index (κ1) is 13.8. The van der Waals surface area contributed by atoms with E-state index in [-0.39, 0.29) is 0 Å². The predicted molar refractivity (Wildman–Crippen MR) is 73.9 cm³/mol. The molecule has 108 valence electrons. The van der Waals surface area contributed by atoms with E-state index in [0.717, 1.165) is 17.8 Å². The van der Waals surface area contributed by atoms with E-state index in [0.29, 0.717) is 17.1 Å². The topological polar surface area (TPSA) is 30.7 Å². The number of benzene rings is 1.